The van der Waals surface area contributed by atoms with Crippen LogP contribution >= 0.6 is 0 Å². The Labute approximate surface area is 273 Å². The van der Waals surface area contributed by atoms with Crippen molar-refractivity contribution >= 4 is 0 Å². The van der Waals surface area contributed by atoms with Crippen LogP contribution in [0.1, 0.15) is 77.0 Å². The van der Waals surface area contributed by atoms with E-state index in [0.29, 0.717) is 47.8 Å². The summed E-state index contributed by atoms with van der Waals surface area (Å²) in [6.07, 6.45) is 44.1. The molecule has 0 bridgehead atoms. The standard InChI is InChI=1S/C42H46N2O2/c1-5-13-35-27(9-1)28-10-2-6-14-36(28)43(35)25-17-21-39-33(23-25)31-19-20-32-34-24-26(18-22-40(34)46-42(32)41(31)45-39)44-37-15-7-3-11-29(37)30-12-4-8-16-38(30)44/h1-4,9-12,17-18,21-22,25-27,29,33-35,37,39-40H,5-8,13-16,19-20,23-24H2. The van der Waals surface area contributed by atoms with Crippen LogP contribution in [-0.2, 0) is 9.47 Å². The monoisotopic (exact) mass is 610 g/mol. The third-order valence-corrected chi connectivity index (χ3v) is 13.6. The maximum Gasteiger partial charge on any atom is 0.161 e. The number of hydrogen-bond donors (Lipinski definition) is 0. The molecule has 7 aliphatic carbocycles. The summed E-state index contributed by atoms with van der Waals surface area (Å²) in [5.74, 6) is 4.36. The van der Waals surface area contributed by atoms with E-state index in [0.717, 1.165) is 24.4 Å². The molecule has 10 atom stereocenters. The van der Waals surface area contributed by atoms with Crippen molar-refractivity contribution in [2.75, 3.05) is 0 Å². The SMILES string of the molecule is C1=CC2=C(CC1)N(C1C=CC3OC4=C(CCC5=C4OC4C=CC(N6C7=C(C=CCC7)C7C=CCCC76)CC54)C3C1)C1CCC=CC21. The fourth-order valence-electron chi connectivity index (χ4n) is 11.7. The van der Waals surface area contributed by atoms with Gasteiger partial charge in [-0.2, -0.15) is 0 Å². The highest BCUT2D eigenvalue weighted by Crippen LogP contribution is 2.55. The number of ether oxygens (including phenoxy) is 2. The van der Waals surface area contributed by atoms with E-state index in [2.05, 4.69) is 82.7 Å². The van der Waals surface area contributed by atoms with Crippen molar-refractivity contribution in [2.24, 2.45) is 23.7 Å². The summed E-state index contributed by atoms with van der Waals surface area (Å²) in [6.45, 7) is 0. The van der Waals surface area contributed by atoms with E-state index in [1.54, 1.807) is 33.7 Å². The molecule has 46 heavy (non-hydrogen) atoms. The Morgan fingerprint density at radius 2 is 1.02 bits per heavy atom. The van der Waals surface area contributed by atoms with Crippen molar-refractivity contribution < 1.29 is 9.47 Å². The van der Waals surface area contributed by atoms with Crippen LogP contribution in [0.5, 0.6) is 0 Å². The van der Waals surface area contributed by atoms with Crippen LogP contribution in [0.3, 0.4) is 0 Å². The summed E-state index contributed by atoms with van der Waals surface area (Å²) < 4.78 is 13.8. The van der Waals surface area contributed by atoms with Crippen molar-refractivity contribution in [3.8, 4) is 0 Å². The molecule has 0 fully saturated rings. The first kappa shape index (κ1) is 26.6. The van der Waals surface area contributed by atoms with E-state index in [1.807, 2.05) is 0 Å². The summed E-state index contributed by atoms with van der Waals surface area (Å²) in [7, 11) is 0. The Morgan fingerprint density at radius 1 is 0.522 bits per heavy atom. The topological polar surface area (TPSA) is 24.9 Å². The molecule has 0 spiro atoms. The summed E-state index contributed by atoms with van der Waals surface area (Å²) in [4.78, 5) is 5.73. The Bertz CT molecular complexity index is 1570. The van der Waals surface area contributed by atoms with Crippen molar-refractivity contribution in [1.29, 1.82) is 0 Å². The molecule has 10 unspecified atom stereocenters. The molecule has 0 amide bonds. The van der Waals surface area contributed by atoms with Crippen LogP contribution in [-0.4, -0.2) is 46.2 Å². The number of fused-ring (bicyclic) bond motifs is 9. The molecule has 0 N–H and O–H groups in total. The second-order valence-corrected chi connectivity index (χ2v) is 15.7. The number of rotatable bonds is 2. The maximum atomic E-state index is 6.88. The average Bonchev–Trinajstić information content (AvgIpc) is 3.85. The van der Waals surface area contributed by atoms with Crippen molar-refractivity contribution in [3.63, 3.8) is 0 Å². The van der Waals surface area contributed by atoms with E-state index < -0.39 is 0 Å². The highest BCUT2D eigenvalue weighted by atomic mass is 16.5. The Kier molecular flexibility index (Phi) is 5.82. The molecule has 11 rings (SSSR count). The van der Waals surface area contributed by atoms with Crippen molar-refractivity contribution in [2.45, 2.75) is 113 Å². The molecule has 4 aliphatic heterocycles. The Hall–Kier alpha value is -3.40. The number of nitrogens with zero attached hydrogens (tertiary/aromatic N) is 2. The number of allylic oxidation sites excluding steroid dienone is 8. The molecule has 11 aliphatic rings. The minimum absolute atomic E-state index is 0.164. The first-order valence-corrected chi connectivity index (χ1v) is 18.7. The van der Waals surface area contributed by atoms with Gasteiger partial charge in [-0.3, -0.25) is 0 Å². The van der Waals surface area contributed by atoms with Crippen molar-refractivity contribution in [1.82, 2.24) is 9.80 Å². The fraction of sp³-hybridized carbons (Fsp3) is 0.524. The highest BCUT2D eigenvalue weighted by molar-refractivity contribution is 5.48. The van der Waals surface area contributed by atoms with Gasteiger partial charge in [0.05, 0.1) is 0 Å². The zero-order valence-electron chi connectivity index (χ0n) is 26.9. The molecule has 0 saturated heterocycles. The van der Waals surface area contributed by atoms with Gasteiger partial charge in [0.2, 0.25) is 0 Å². The fourth-order valence-corrected chi connectivity index (χ4v) is 11.7. The van der Waals surface area contributed by atoms with E-state index in [9.17, 15) is 0 Å². The van der Waals surface area contributed by atoms with E-state index in [1.165, 1.54) is 64.2 Å². The minimum Gasteiger partial charge on any atom is -0.482 e. The summed E-state index contributed by atoms with van der Waals surface area (Å²) in [5, 5.41) is 0. The molecule has 236 valence electrons. The van der Waals surface area contributed by atoms with Crippen molar-refractivity contribution in [3.05, 3.63) is 118 Å². The molecule has 0 aromatic rings. The van der Waals surface area contributed by atoms with Crippen LogP contribution in [0.25, 0.3) is 0 Å². The van der Waals surface area contributed by atoms with E-state index in [-0.39, 0.29) is 12.2 Å². The molecular weight excluding hydrogens is 564 g/mol. The molecule has 4 heterocycles. The van der Waals surface area contributed by atoms with Gasteiger partial charge in [-0.15, -0.1) is 0 Å². The van der Waals surface area contributed by atoms with E-state index >= 15 is 0 Å². The minimum atomic E-state index is 0.164. The number of hydrogen-bond acceptors (Lipinski definition) is 4. The first-order valence-electron chi connectivity index (χ1n) is 18.7. The smallest absolute Gasteiger partial charge is 0.161 e. The molecular formula is C42H46N2O2. The third kappa shape index (κ3) is 3.68. The molecule has 4 nitrogen and oxygen atoms in total. The van der Waals surface area contributed by atoms with Gasteiger partial charge < -0.3 is 19.3 Å². The molecule has 0 aromatic carbocycles. The lowest BCUT2D eigenvalue weighted by Gasteiger charge is -2.42. The molecule has 0 aromatic heterocycles. The lowest BCUT2D eigenvalue weighted by Crippen LogP contribution is -2.44. The third-order valence-electron chi connectivity index (χ3n) is 13.6. The van der Waals surface area contributed by atoms with Crippen LogP contribution in [0, 0.1) is 23.7 Å². The molecule has 4 heteroatoms. The van der Waals surface area contributed by atoms with Gasteiger partial charge >= 0.3 is 0 Å². The van der Waals surface area contributed by atoms with E-state index in [4.69, 9.17) is 9.47 Å². The van der Waals surface area contributed by atoms with Gasteiger partial charge in [-0.05, 0) is 111 Å². The van der Waals surface area contributed by atoms with Gasteiger partial charge in [-0.1, -0.05) is 60.8 Å². The largest absolute Gasteiger partial charge is 0.482 e. The lowest BCUT2D eigenvalue weighted by molar-refractivity contribution is 0.0832. The first-order chi connectivity index (χ1) is 22.8. The van der Waals surface area contributed by atoms with Gasteiger partial charge in [0.1, 0.15) is 12.2 Å². The average molecular weight is 611 g/mol. The van der Waals surface area contributed by atoms with Gasteiger partial charge in [0, 0.05) is 59.2 Å². The van der Waals surface area contributed by atoms with Gasteiger partial charge in [0.25, 0.3) is 0 Å². The zero-order chi connectivity index (χ0) is 29.9. The normalized spacial score (nSPS) is 42.4. The quantitative estimate of drug-likeness (QED) is 0.293. The Morgan fingerprint density at radius 3 is 1.52 bits per heavy atom. The zero-order valence-corrected chi connectivity index (χ0v) is 26.9. The van der Waals surface area contributed by atoms with Gasteiger partial charge in [0.15, 0.2) is 11.5 Å². The van der Waals surface area contributed by atoms with Crippen LogP contribution in [0.2, 0.25) is 0 Å². The van der Waals surface area contributed by atoms with Gasteiger partial charge in [-0.25, -0.2) is 0 Å². The van der Waals surface area contributed by atoms with Crippen LogP contribution < -0.4 is 0 Å². The summed E-state index contributed by atoms with van der Waals surface area (Å²) in [6, 6.07) is 2.17. The maximum absolute atomic E-state index is 6.88. The van der Waals surface area contributed by atoms with Crippen LogP contribution in [0.15, 0.2) is 118 Å². The second-order valence-electron chi connectivity index (χ2n) is 15.7. The Balaban J connectivity index is 0.868. The second kappa shape index (κ2) is 10.1. The van der Waals surface area contributed by atoms with Crippen LogP contribution in [0.4, 0.5) is 0 Å². The molecule has 0 saturated carbocycles. The predicted octanol–water partition coefficient (Wildman–Crippen LogP) is 8.48. The lowest BCUT2D eigenvalue weighted by atomic mass is 9.76. The summed E-state index contributed by atoms with van der Waals surface area (Å²) in [5.41, 5.74) is 9.56. The molecule has 0 radical (unpaired) electrons. The highest BCUT2D eigenvalue weighted by Gasteiger charge is 2.52. The predicted molar refractivity (Wildman–Crippen MR) is 181 cm³/mol. The summed E-state index contributed by atoms with van der Waals surface area (Å²) >= 11 is 0.